The van der Waals surface area contributed by atoms with Crippen LogP contribution in [-0.2, 0) is 9.63 Å². The summed E-state index contributed by atoms with van der Waals surface area (Å²) in [6.45, 7) is 0.274. The minimum atomic E-state index is -0.0336. The van der Waals surface area contributed by atoms with Crippen molar-refractivity contribution in [3.63, 3.8) is 0 Å². The third-order valence-corrected chi connectivity index (χ3v) is 1.07. The van der Waals surface area contributed by atoms with Gasteiger partial charge in [-0.15, -0.1) is 5.06 Å². The lowest BCUT2D eigenvalue weighted by molar-refractivity contribution is -0.136. The van der Waals surface area contributed by atoms with Gasteiger partial charge in [0.25, 0.3) is 0 Å². The second-order valence-corrected chi connectivity index (χ2v) is 2.16. The Morgan fingerprint density at radius 2 is 2.56 bits per heavy atom. The minimum absolute atomic E-state index is 0.0336. The molecule has 0 saturated carbocycles. The second-order valence-electron chi connectivity index (χ2n) is 1.79. The molecule has 0 spiro atoms. The lowest BCUT2D eigenvalue weighted by Gasteiger charge is -2.18. The zero-order valence-electron chi connectivity index (χ0n) is 4.93. The highest BCUT2D eigenvalue weighted by molar-refractivity contribution is 6.30. The molecule has 0 aromatic carbocycles. The zero-order chi connectivity index (χ0) is 6.85. The first-order valence-electron chi connectivity index (χ1n) is 2.47. The van der Waals surface area contributed by atoms with Gasteiger partial charge >= 0.3 is 0 Å². The number of hydrogen-bond acceptors (Lipinski definition) is 3. The standard InChI is InChI=1S/C5H6ClNO2/c1-7-3-4(8)2-5(6)9-7/h2H,3H2,1H3. The first-order valence-corrected chi connectivity index (χ1v) is 2.85. The highest BCUT2D eigenvalue weighted by Crippen LogP contribution is 2.10. The van der Waals surface area contributed by atoms with Gasteiger partial charge in [0.05, 0.1) is 6.54 Å². The summed E-state index contributed by atoms with van der Waals surface area (Å²) in [5, 5.41) is 1.51. The van der Waals surface area contributed by atoms with Crippen molar-refractivity contribution >= 4 is 17.4 Å². The number of carbonyl (C=O) groups is 1. The third kappa shape index (κ3) is 1.69. The van der Waals surface area contributed by atoms with E-state index in [1.165, 1.54) is 11.1 Å². The van der Waals surface area contributed by atoms with Crippen LogP contribution in [0.1, 0.15) is 0 Å². The molecule has 0 aliphatic carbocycles. The maximum absolute atomic E-state index is 10.6. The molecule has 0 bridgehead atoms. The largest absolute Gasteiger partial charge is 0.393 e. The van der Waals surface area contributed by atoms with Gasteiger partial charge in [-0.1, -0.05) is 0 Å². The Kier molecular flexibility index (Phi) is 1.73. The van der Waals surface area contributed by atoms with Gasteiger partial charge in [0.2, 0.25) is 5.22 Å². The molecule has 0 atom stereocenters. The number of rotatable bonds is 0. The van der Waals surface area contributed by atoms with Gasteiger partial charge in [-0.05, 0) is 11.6 Å². The lowest BCUT2D eigenvalue weighted by Crippen LogP contribution is -2.28. The smallest absolute Gasteiger partial charge is 0.217 e. The van der Waals surface area contributed by atoms with Crippen molar-refractivity contribution in [3.8, 4) is 0 Å². The molecule has 9 heavy (non-hydrogen) atoms. The van der Waals surface area contributed by atoms with Crippen LogP contribution < -0.4 is 0 Å². The van der Waals surface area contributed by atoms with E-state index in [4.69, 9.17) is 16.4 Å². The van der Waals surface area contributed by atoms with Crippen molar-refractivity contribution in [1.29, 1.82) is 0 Å². The first kappa shape index (κ1) is 6.58. The maximum Gasteiger partial charge on any atom is 0.217 e. The number of hydrogen-bond donors (Lipinski definition) is 0. The molecule has 0 aromatic rings. The lowest BCUT2D eigenvalue weighted by atomic mass is 10.4. The molecule has 3 nitrogen and oxygen atoms in total. The summed E-state index contributed by atoms with van der Waals surface area (Å²) in [7, 11) is 1.65. The predicted molar refractivity (Wildman–Crippen MR) is 32.7 cm³/mol. The highest BCUT2D eigenvalue weighted by atomic mass is 35.5. The topological polar surface area (TPSA) is 29.5 Å². The molecule has 0 unspecified atom stereocenters. The molecule has 1 aliphatic heterocycles. The van der Waals surface area contributed by atoms with E-state index in [0.29, 0.717) is 0 Å². The molecule has 0 amide bonds. The normalized spacial score (nSPS) is 21.1. The SMILES string of the molecule is CN1CC(=O)C=C(Cl)O1. The summed E-state index contributed by atoms with van der Waals surface area (Å²) in [6, 6.07) is 0. The molecule has 4 heteroatoms. The van der Waals surface area contributed by atoms with Crippen LogP contribution in [0.3, 0.4) is 0 Å². The Bertz CT molecular complexity index is 166. The molecule has 0 saturated heterocycles. The van der Waals surface area contributed by atoms with Gasteiger partial charge in [0.15, 0.2) is 5.78 Å². The molecular weight excluding hydrogens is 142 g/mol. The maximum atomic E-state index is 10.6. The average Bonchev–Trinajstić information content (AvgIpc) is 1.59. The van der Waals surface area contributed by atoms with Crippen LogP contribution in [0.15, 0.2) is 11.3 Å². The minimum Gasteiger partial charge on any atom is -0.393 e. The Morgan fingerprint density at radius 1 is 1.89 bits per heavy atom. The van der Waals surface area contributed by atoms with Gasteiger partial charge < -0.3 is 4.84 Å². The van der Waals surface area contributed by atoms with E-state index < -0.39 is 0 Å². The molecule has 1 rings (SSSR count). The number of carbonyl (C=O) groups excluding carboxylic acids is 1. The second kappa shape index (κ2) is 2.37. The Morgan fingerprint density at radius 3 is 3.00 bits per heavy atom. The molecule has 0 radical (unpaired) electrons. The van der Waals surface area contributed by atoms with E-state index in [2.05, 4.69) is 0 Å². The summed E-state index contributed by atoms with van der Waals surface area (Å²) in [4.78, 5) is 15.4. The molecule has 0 aromatic heterocycles. The molecule has 1 aliphatic rings. The van der Waals surface area contributed by atoms with Crippen molar-refractivity contribution in [2.45, 2.75) is 0 Å². The van der Waals surface area contributed by atoms with Crippen molar-refractivity contribution in [1.82, 2.24) is 5.06 Å². The fourth-order valence-corrected chi connectivity index (χ4v) is 0.839. The van der Waals surface area contributed by atoms with Gasteiger partial charge in [-0.3, -0.25) is 4.79 Å². The molecule has 50 valence electrons. The quantitative estimate of drug-likeness (QED) is 0.500. The summed E-state index contributed by atoms with van der Waals surface area (Å²) < 4.78 is 0. The third-order valence-electron chi connectivity index (χ3n) is 0.896. The summed E-state index contributed by atoms with van der Waals surface area (Å²) in [6.07, 6.45) is 1.27. The number of hydroxylamine groups is 2. The van der Waals surface area contributed by atoms with Gasteiger partial charge in [0, 0.05) is 13.1 Å². The number of likely N-dealkylation sites (N-methyl/N-ethyl adjacent to an activating group) is 1. The van der Waals surface area contributed by atoms with E-state index in [9.17, 15) is 4.79 Å². The average molecular weight is 148 g/mol. The molecule has 0 fully saturated rings. The van der Waals surface area contributed by atoms with Gasteiger partial charge in [0.1, 0.15) is 0 Å². The van der Waals surface area contributed by atoms with Gasteiger partial charge in [-0.25, -0.2) is 0 Å². The Labute approximate surface area is 57.8 Å². The molecular formula is C5H6ClNO2. The van der Waals surface area contributed by atoms with Crippen LogP contribution in [0.4, 0.5) is 0 Å². The molecule has 0 N–H and O–H groups in total. The van der Waals surface area contributed by atoms with Crippen molar-refractivity contribution < 1.29 is 9.63 Å². The number of nitrogens with zero attached hydrogens (tertiary/aromatic N) is 1. The van der Waals surface area contributed by atoms with Crippen LogP contribution in [0.5, 0.6) is 0 Å². The van der Waals surface area contributed by atoms with Crippen LogP contribution >= 0.6 is 11.6 Å². The van der Waals surface area contributed by atoms with E-state index in [1.807, 2.05) is 0 Å². The predicted octanol–water partition coefficient (Wildman–Crippen LogP) is 0.513. The van der Waals surface area contributed by atoms with Gasteiger partial charge in [-0.2, -0.15) is 0 Å². The number of ketones is 1. The van der Waals surface area contributed by atoms with E-state index >= 15 is 0 Å². The first-order chi connectivity index (χ1) is 4.18. The fourth-order valence-electron chi connectivity index (χ4n) is 0.599. The Balaban J connectivity index is 2.67. The Hall–Kier alpha value is -0.540. The van der Waals surface area contributed by atoms with Crippen molar-refractivity contribution in [2.75, 3.05) is 13.6 Å². The van der Waals surface area contributed by atoms with E-state index in [1.54, 1.807) is 7.05 Å². The monoisotopic (exact) mass is 147 g/mol. The van der Waals surface area contributed by atoms with Crippen molar-refractivity contribution in [3.05, 3.63) is 11.3 Å². The van der Waals surface area contributed by atoms with Crippen LogP contribution in [-0.4, -0.2) is 24.4 Å². The summed E-state index contributed by atoms with van der Waals surface area (Å²) >= 11 is 5.38. The van der Waals surface area contributed by atoms with Crippen LogP contribution in [0, 0.1) is 0 Å². The van der Waals surface area contributed by atoms with Crippen LogP contribution in [0.2, 0.25) is 0 Å². The van der Waals surface area contributed by atoms with Crippen LogP contribution in [0.25, 0.3) is 0 Å². The zero-order valence-corrected chi connectivity index (χ0v) is 5.68. The summed E-state index contributed by atoms with van der Waals surface area (Å²) in [5.74, 6) is -0.0336. The van der Waals surface area contributed by atoms with E-state index in [-0.39, 0.29) is 17.5 Å². The van der Waals surface area contributed by atoms with E-state index in [0.717, 1.165) is 0 Å². The number of halogens is 1. The highest BCUT2D eigenvalue weighted by Gasteiger charge is 2.13. The van der Waals surface area contributed by atoms with Crippen molar-refractivity contribution in [2.24, 2.45) is 0 Å². The fraction of sp³-hybridized carbons (Fsp3) is 0.400. The summed E-state index contributed by atoms with van der Waals surface area (Å²) in [5.41, 5.74) is 0. The molecule has 1 heterocycles.